The van der Waals surface area contributed by atoms with Crippen molar-refractivity contribution in [2.75, 3.05) is 20.2 Å². The van der Waals surface area contributed by atoms with Crippen molar-refractivity contribution in [3.05, 3.63) is 65.9 Å². The molecule has 1 aliphatic rings. The number of hydrogen-bond donors (Lipinski definition) is 2. The molecule has 0 radical (unpaired) electrons. The lowest BCUT2D eigenvalue weighted by Crippen LogP contribution is -2.42. The maximum Gasteiger partial charge on any atom is 0.270 e. The number of aromatic nitrogens is 1. The normalized spacial score (nSPS) is 15.6. The van der Waals surface area contributed by atoms with Gasteiger partial charge in [0.25, 0.3) is 5.91 Å². The Balaban J connectivity index is 1.29. The summed E-state index contributed by atoms with van der Waals surface area (Å²) in [4.78, 5) is 30.7. The van der Waals surface area contributed by atoms with E-state index in [2.05, 4.69) is 10.3 Å². The number of nitrogens with zero attached hydrogens (tertiary/aromatic N) is 1. The predicted octanol–water partition coefficient (Wildman–Crippen LogP) is 3.98. The van der Waals surface area contributed by atoms with Gasteiger partial charge in [-0.05, 0) is 48.6 Å². The molecule has 2 heterocycles. The van der Waals surface area contributed by atoms with Gasteiger partial charge in [-0.1, -0.05) is 37.3 Å². The van der Waals surface area contributed by atoms with E-state index in [4.69, 9.17) is 4.74 Å². The molecular weight excluding hydrogens is 390 g/mol. The number of hydrogen-bond acceptors (Lipinski definition) is 3. The Kier molecular flexibility index (Phi) is 6.26. The first kappa shape index (κ1) is 21.0. The van der Waals surface area contributed by atoms with Crippen LogP contribution in [0.15, 0.2) is 54.6 Å². The average Bonchev–Trinajstić information content (AvgIpc) is 3.26. The summed E-state index contributed by atoms with van der Waals surface area (Å²) in [6, 6.07) is 17.5. The number of amides is 2. The van der Waals surface area contributed by atoms with Crippen molar-refractivity contribution in [2.45, 2.75) is 26.3 Å². The molecule has 1 aliphatic heterocycles. The maximum absolute atomic E-state index is 12.9. The summed E-state index contributed by atoms with van der Waals surface area (Å²) in [5, 5.41) is 4.09. The number of likely N-dealkylation sites (tertiary alicyclic amines) is 1. The summed E-state index contributed by atoms with van der Waals surface area (Å²) in [6.07, 6.45) is 1.67. The van der Waals surface area contributed by atoms with Gasteiger partial charge in [0, 0.05) is 36.5 Å². The Morgan fingerprint density at radius 3 is 2.65 bits per heavy atom. The van der Waals surface area contributed by atoms with E-state index in [-0.39, 0.29) is 23.7 Å². The van der Waals surface area contributed by atoms with Gasteiger partial charge in [-0.2, -0.15) is 0 Å². The van der Waals surface area contributed by atoms with Crippen LogP contribution in [-0.2, 0) is 11.3 Å². The number of benzene rings is 2. The molecule has 2 amide bonds. The molecule has 2 N–H and O–H groups in total. The largest absolute Gasteiger partial charge is 0.497 e. The zero-order valence-corrected chi connectivity index (χ0v) is 18.1. The van der Waals surface area contributed by atoms with E-state index in [1.165, 1.54) is 0 Å². The quantitative estimate of drug-likeness (QED) is 0.635. The van der Waals surface area contributed by atoms with Crippen molar-refractivity contribution >= 4 is 22.7 Å². The summed E-state index contributed by atoms with van der Waals surface area (Å²) in [6.45, 7) is 3.82. The van der Waals surface area contributed by atoms with Crippen LogP contribution in [0.4, 0.5) is 0 Å². The van der Waals surface area contributed by atoms with Gasteiger partial charge in [0.05, 0.1) is 7.11 Å². The Labute approximate surface area is 182 Å². The minimum absolute atomic E-state index is 0.0322. The van der Waals surface area contributed by atoms with Crippen molar-refractivity contribution in [3.8, 4) is 5.75 Å². The molecule has 31 heavy (non-hydrogen) atoms. The van der Waals surface area contributed by atoms with Gasteiger partial charge < -0.3 is 19.9 Å². The molecule has 4 rings (SSSR count). The van der Waals surface area contributed by atoms with Gasteiger partial charge in [-0.25, -0.2) is 0 Å². The lowest BCUT2D eigenvalue weighted by Gasteiger charge is -2.34. The third kappa shape index (κ3) is 4.74. The van der Waals surface area contributed by atoms with E-state index in [0.717, 1.165) is 35.1 Å². The Morgan fingerprint density at radius 1 is 1.13 bits per heavy atom. The number of carbonyl (C=O) groups is 2. The van der Waals surface area contributed by atoms with Crippen LogP contribution >= 0.6 is 0 Å². The first-order valence-corrected chi connectivity index (χ1v) is 10.8. The molecule has 2 aromatic carbocycles. The smallest absolute Gasteiger partial charge is 0.270 e. The number of para-hydroxylation sites is 1. The van der Waals surface area contributed by atoms with Crippen LogP contribution in [0, 0.1) is 11.8 Å². The first-order valence-electron chi connectivity index (χ1n) is 10.8. The lowest BCUT2D eigenvalue weighted by atomic mass is 9.84. The number of aromatic amines is 1. The zero-order chi connectivity index (χ0) is 21.8. The molecule has 0 spiro atoms. The van der Waals surface area contributed by atoms with E-state index >= 15 is 0 Å². The van der Waals surface area contributed by atoms with E-state index < -0.39 is 0 Å². The molecule has 6 nitrogen and oxygen atoms in total. The summed E-state index contributed by atoms with van der Waals surface area (Å²) in [5.41, 5.74) is 2.62. The maximum atomic E-state index is 12.9. The zero-order valence-electron chi connectivity index (χ0n) is 18.1. The summed E-state index contributed by atoms with van der Waals surface area (Å²) < 4.78 is 5.24. The molecule has 3 aromatic rings. The van der Waals surface area contributed by atoms with E-state index in [0.29, 0.717) is 25.3 Å². The Bertz CT molecular complexity index is 1030. The Morgan fingerprint density at radius 2 is 1.90 bits per heavy atom. The van der Waals surface area contributed by atoms with Crippen molar-refractivity contribution < 1.29 is 14.3 Å². The predicted molar refractivity (Wildman–Crippen MR) is 121 cm³/mol. The van der Waals surface area contributed by atoms with Crippen LogP contribution in [0.2, 0.25) is 0 Å². The molecule has 0 unspecified atom stereocenters. The second-order valence-electron chi connectivity index (χ2n) is 8.26. The fourth-order valence-electron chi connectivity index (χ4n) is 4.31. The molecule has 6 heteroatoms. The summed E-state index contributed by atoms with van der Waals surface area (Å²) >= 11 is 0. The number of piperidine rings is 1. The van der Waals surface area contributed by atoms with Gasteiger partial charge in [0.1, 0.15) is 11.4 Å². The van der Waals surface area contributed by atoms with Crippen molar-refractivity contribution in [1.29, 1.82) is 0 Å². The van der Waals surface area contributed by atoms with Crippen molar-refractivity contribution in [1.82, 2.24) is 15.2 Å². The molecule has 0 aliphatic carbocycles. The number of carbonyl (C=O) groups excluding carboxylic acids is 2. The van der Waals surface area contributed by atoms with Crippen LogP contribution in [-0.4, -0.2) is 41.9 Å². The molecule has 1 atom stereocenters. The first-order chi connectivity index (χ1) is 15.0. The minimum Gasteiger partial charge on any atom is -0.497 e. The fourth-order valence-corrected chi connectivity index (χ4v) is 4.31. The highest BCUT2D eigenvalue weighted by Gasteiger charge is 2.30. The number of nitrogens with one attached hydrogen (secondary N) is 2. The molecule has 0 bridgehead atoms. The third-order valence-corrected chi connectivity index (χ3v) is 6.31. The lowest BCUT2D eigenvalue weighted by molar-refractivity contribution is -0.126. The highest BCUT2D eigenvalue weighted by Crippen LogP contribution is 2.27. The van der Waals surface area contributed by atoms with Gasteiger partial charge in [-0.15, -0.1) is 0 Å². The number of H-pyrrole nitrogens is 1. The standard InChI is InChI=1S/C25H29N3O3/c1-17(24(29)26-16-18-6-5-8-21(14-18)31-2)19-10-12-28(13-11-19)25(30)23-15-20-7-3-4-9-22(20)27-23/h3-9,14-15,17,19,27H,10-13,16H2,1-2H3,(H,26,29)/t17-/m1/s1. The monoisotopic (exact) mass is 419 g/mol. The number of rotatable bonds is 6. The minimum atomic E-state index is -0.0871. The van der Waals surface area contributed by atoms with Crippen LogP contribution in [0.3, 0.4) is 0 Å². The second-order valence-corrected chi connectivity index (χ2v) is 8.26. The Hall–Kier alpha value is -3.28. The number of fused-ring (bicyclic) bond motifs is 1. The SMILES string of the molecule is COc1cccc(CNC(=O)[C@H](C)C2CCN(C(=O)c3cc4ccccc4[nH]3)CC2)c1. The van der Waals surface area contributed by atoms with Gasteiger partial charge >= 0.3 is 0 Å². The fraction of sp³-hybridized carbons (Fsp3) is 0.360. The topological polar surface area (TPSA) is 74.4 Å². The van der Waals surface area contributed by atoms with Gasteiger partial charge in [0.15, 0.2) is 0 Å². The van der Waals surface area contributed by atoms with Crippen molar-refractivity contribution in [3.63, 3.8) is 0 Å². The van der Waals surface area contributed by atoms with E-state index in [1.807, 2.05) is 66.4 Å². The molecule has 1 saturated heterocycles. The van der Waals surface area contributed by atoms with Crippen LogP contribution in [0.1, 0.15) is 35.8 Å². The third-order valence-electron chi connectivity index (χ3n) is 6.31. The second kappa shape index (κ2) is 9.25. The average molecular weight is 420 g/mol. The molecule has 0 saturated carbocycles. The molecule has 1 aromatic heterocycles. The summed E-state index contributed by atoms with van der Waals surface area (Å²) in [7, 11) is 1.63. The van der Waals surface area contributed by atoms with E-state index in [1.54, 1.807) is 7.11 Å². The van der Waals surface area contributed by atoms with Crippen molar-refractivity contribution in [2.24, 2.45) is 11.8 Å². The summed E-state index contributed by atoms with van der Waals surface area (Å²) in [5.74, 6) is 1.06. The highest BCUT2D eigenvalue weighted by molar-refractivity contribution is 5.98. The highest BCUT2D eigenvalue weighted by atomic mass is 16.5. The van der Waals surface area contributed by atoms with E-state index in [9.17, 15) is 9.59 Å². The van der Waals surface area contributed by atoms with Crippen LogP contribution < -0.4 is 10.1 Å². The molecular formula is C25H29N3O3. The van der Waals surface area contributed by atoms with Crippen LogP contribution in [0.5, 0.6) is 5.75 Å². The molecule has 162 valence electrons. The number of methoxy groups -OCH3 is 1. The molecule has 1 fully saturated rings. The van der Waals surface area contributed by atoms with Crippen LogP contribution in [0.25, 0.3) is 10.9 Å². The van der Waals surface area contributed by atoms with Gasteiger partial charge in [-0.3, -0.25) is 9.59 Å². The van der Waals surface area contributed by atoms with Gasteiger partial charge in [0.2, 0.25) is 5.91 Å². The number of ether oxygens (including phenoxy) is 1.